The number of methoxy groups -OCH3 is 1. The third-order valence-electron chi connectivity index (χ3n) is 4.00. The molecule has 2 fully saturated rings. The van der Waals surface area contributed by atoms with E-state index in [1.807, 2.05) is 30.3 Å². The lowest BCUT2D eigenvalue weighted by molar-refractivity contribution is -0.226. The lowest BCUT2D eigenvalue weighted by atomic mass is 10.1. The van der Waals surface area contributed by atoms with E-state index >= 15 is 0 Å². The van der Waals surface area contributed by atoms with Gasteiger partial charge in [-0.3, -0.25) is 10.2 Å². The topological polar surface area (TPSA) is 104 Å². The Morgan fingerprint density at radius 2 is 1.81 bits per heavy atom. The van der Waals surface area contributed by atoms with E-state index in [1.165, 1.54) is 7.11 Å². The quantitative estimate of drug-likeness (QED) is 0.761. The van der Waals surface area contributed by atoms with Gasteiger partial charge < -0.3 is 23.7 Å². The predicted molar refractivity (Wildman–Crippen MR) is 87.4 cm³/mol. The largest absolute Gasteiger partial charge is 0.443 e. The van der Waals surface area contributed by atoms with Crippen LogP contribution in [-0.2, 0) is 35.1 Å². The molecule has 0 aliphatic carbocycles. The standard InChI is InChI=1S/C17H22N2O7/c1-17(2)25-11-12(24-15(22-3)13(11)26-17)14(20)18-19-16(21)23-9-10-7-5-4-6-8-10/h4-8,11-13,15H,9H2,1-3H3,(H,18,20)(H,19,21)/t11-,12-,13+,15+/m0/s1. The van der Waals surface area contributed by atoms with Gasteiger partial charge in [0.25, 0.3) is 5.91 Å². The summed E-state index contributed by atoms with van der Waals surface area (Å²) in [5.41, 5.74) is 5.28. The van der Waals surface area contributed by atoms with Crippen molar-refractivity contribution in [1.82, 2.24) is 10.9 Å². The number of fused-ring (bicyclic) bond motifs is 1. The highest BCUT2D eigenvalue weighted by Crippen LogP contribution is 2.38. The first-order valence-electron chi connectivity index (χ1n) is 8.20. The van der Waals surface area contributed by atoms with Crippen LogP contribution >= 0.6 is 0 Å². The van der Waals surface area contributed by atoms with E-state index in [9.17, 15) is 9.59 Å². The molecule has 2 aliphatic heterocycles. The predicted octanol–water partition coefficient (Wildman–Crippen LogP) is 0.835. The van der Waals surface area contributed by atoms with E-state index in [4.69, 9.17) is 23.7 Å². The number of nitrogens with one attached hydrogen (secondary N) is 2. The Morgan fingerprint density at radius 3 is 2.50 bits per heavy atom. The molecule has 3 rings (SSSR count). The van der Waals surface area contributed by atoms with Crippen molar-refractivity contribution in [3.05, 3.63) is 35.9 Å². The number of rotatable bonds is 4. The molecular weight excluding hydrogens is 344 g/mol. The molecule has 9 nitrogen and oxygen atoms in total. The number of hydrazine groups is 1. The molecular formula is C17H22N2O7. The minimum absolute atomic E-state index is 0.0874. The van der Waals surface area contributed by atoms with Crippen LogP contribution in [0.3, 0.4) is 0 Å². The van der Waals surface area contributed by atoms with E-state index in [0.29, 0.717) is 0 Å². The monoisotopic (exact) mass is 366 g/mol. The Hall–Kier alpha value is -2.20. The van der Waals surface area contributed by atoms with Crippen molar-refractivity contribution >= 4 is 12.0 Å². The zero-order chi connectivity index (χ0) is 18.7. The van der Waals surface area contributed by atoms with E-state index in [1.54, 1.807) is 13.8 Å². The van der Waals surface area contributed by atoms with Crippen LogP contribution in [0.5, 0.6) is 0 Å². The van der Waals surface area contributed by atoms with E-state index < -0.39 is 42.4 Å². The third-order valence-corrected chi connectivity index (χ3v) is 4.00. The second-order valence-electron chi connectivity index (χ2n) is 6.40. The van der Waals surface area contributed by atoms with Gasteiger partial charge in [0, 0.05) is 7.11 Å². The Labute approximate surface area is 150 Å². The first-order chi connectivity index (χ1) is 12.4. The van der Waals surface area contributed by atoms with Gasteiger partial charge in [-0.2, -0.15) is 0 Å². The second kappa shape index (κ2) is 7.58. The van der Waals surface area contributed by atoms with Gasteiger partial charge >= 0.3 is 6.09 Å². The van der Waals surface area contributed by atoms with Crippen molar-refractivity contribution < 1.29 is 33.3 Å². The lowest BCUT2D eigenvalue weighted by Crippen LogP contribution is -2.50. The minimum Gasteiger partial charge on any atom is -0.443 e. The Balaban J connectivity index is 1.49. The highest BCUT2D eigenvalue weighted by atomic mass is 16.8. The number of hydrogen-bond acceptors (Lipinski definition) is 7. The van der Waals surface area contributed by atoms with Gasteiger partial charge in [-0.05, 0) is 19.4 Å². The fourth-order valence-corrected chi connectivity index (χ4v) is 2.90. The maximum atomic E-state index is 12.3. The van der Waals surface area contributed by atoms with Gasteiger partial charge in [-0.25, -0.2) is 10.2 Å². The maximum absolute atomic E-state index is 12.3. The third kappa shape index (κ3) is 4.13. The summed E-state index contributed by atoms with van der Waals surface area (Å²) in [4.78, 5) is 24.1. The number of carbonyl (C=O) groups is 2. The molecule has 0 aromatic heterocycles. The smallest absolute Gasteiger partial charge is 0.426 e. The molecule has 2 N–H and O–H groups in total. The van der Waals surface area contributed by atoms with Crippen LogP contribution in [0.15, 0.2) is 30.3 Å². The molecule has 0 unspecified atom stereocenters. The van der Waals surface area contributed by atoms with Crippen molar-refractivity contribution in [3.8, 4) is 0 Å². The van der Waals surface area contributed by atoms with Crippen molar-refractivity contribution in [3.63, 3.8) is 0 Å². The summed E-state index contributed by atoms with van der Waals surface area (Å²) in [6.45, 7) is 3.57. The van der Waals surface area contributed by atoms with Crippen molar-refractivity contribution in [2.75, 3.05) is 7.11 Å². The molecule has 142 valence electrons. The lowest BCUT2D eigenvalue weighted by Gasteiger charge is -2.23. The van der Waals surface area contributed by atoms with E-state index in [-0.39, 0.29) is 6.61 Å². The van der Waals surface area contributed by atoms with Crippen LogP contribution in [0.1, 0.15) is 19.4 Å². The van der Waals surface area contributed by atoms with Crippen LogP contribution in [0.2, 0.25) is 0 Å². The van der Waals surface area contributed by atoms with E-state index in [2.05, 4.69) is 10.9 Å². The molecule has 2 aliphatic rings. The van der Waals surface area contributed by atoms with Gasteiger partial charge in [-0.15, -0.1) is 0 Å². The molecule has 0 radical (unpaired) electrons. The summed E-state index contributed by atoms with van der Waals surface area (Å²) in [6, 6.07) is 9.18. The summed E-state index contributed by atoms with van der Waals surface area (Å²) in [7, 11) is 1.45. The summed E-state index contributed by atoms with van der Waals surface area (Å²) >= 11 is 0. The van der Waals surface area contributed by atoms with Gasteiger partial charge in [0.05, 0.1) is 0 Å². The molecule has 1 aromatic carbocycles. The summed E-state index contributed by atoms with van der Waals surface area (Å²) in [5, 5.41) is 0. The zero-order valence-electron chi connectivity index (χ0n) is 14.8. The van der Waals surface area contributed by atoms with Gasteiger partial charge in [-0.1, -0.05) is 30.3 Å². The average molecular weight is 366 g/mol. The van der Waals surface area contributed by atoms with Crippen LogP contribution in [0, 0.1) is 0 Å². The maximum Gasteiger partial charge on any atom is 0.426 e. The molecule has 2 amide bonds. The zero-order valence-corrected chi connectivity index (χ0v) is 14.8. The summed E-state index contributed by atoms with van der Waals surface area (Å²) in [5.74, 6) is -1.44. The molecule has 1 aromatic rings. The van der Waals surface area contributed by atoms with Gasteiger partial charge in [0.2, 0.25) is 0 Å². The number of amides is 2. The van der Waals surface area contributed by atoms with Crippen LogP contribution in [0.25, 0.3) is 0 Å². The molecule has 4 atom stereocenters. The normalized spacial score (nSPS) is 29.0. The van der Waals surface area contributed by atoms with Crippen molar-refractivity contribution in [2.24, 2.45) is 0 Å². The van der Waals surface area contributed by atoms with Crippen LogP contribution in [-0.4, -0.2) is 49.5 Å². The first-order valence-corrected chi connectivity index (χ1v) is 8.20. The fraction of sp³-hybridized carbons (Fsp3) is 0.529. The SMILES string of the molecule is CO[C@@H]1O[C@H](C(=O)NNC(=O)OCc2ccccc2)[C@@H]2OC(C)(C)O[C@@H]12. The highest BCUT2D eigenvalue weighted by Gasteiger charge is 2.57. The fourth-order valence-electron chi connectivity index (χ4n) is 2.90. The number of hydrogen-bond donors (Lipinski definition) is 2. The van der Waals surface area contributed by atoms with Gasteiger partial charge in [0.15, 0.2) is 18.2 Å². The van der Waals surface area contributed by atoms with Gasteiger partial charge in [0.1, 0.15) is 18.8 Å². The average Bonchev–Trinajstić information content (AvgIpc) is 3.11. The molecule has 2 saturated heterocycles. The highest BCUT2D eigenvalue weighted by molar-refractivity contribution is 5.83. The van der Waals surface area contributed by atoms with Crippen LogP contribution in [0.4, 0.5) is 4.79 Å². The number of ether oxygens (including phenoxy) is 5. The molecule has 26 heavy (non-hydrogen) atoms. The van der Waals surface area contributed by atoms with Crippen molar-refractivity contribution in [1.29, 1.82) is 0 Å². The molecule has 2 heterocycles. The van der Waals surface area contributed by atoms with Crippen molar-refractivity contribution in [2.45, 2.75) is 50.8 Å². The molecule has 9 heteroatoms. The Morgan fingerprint density at radius 1 is 1.12 bits per heavy atom. The summed E-state index contributed by atoms with van der Waals surface area (Å²) in [6.07, 6.45) is -3.68. The van der Waals surface area contributed by atoms with Crippen LogP contribution < -0.4 is 10.9 Å². The molecule has 0 saturated carbocycles. The van der Waals surface area contributed by atoms with E-state index in [0.717, 1.165) is 5.56 Å². The first kappa shape index (κ1) is 18.6. The Bertz CT molecular complexity index is 652. The second-order valence-corrected chi connectivity index (χ2v) is 6.40. The molecule has 0 spiro atoms. The summed E-state index contributed by atoms with van der Waals surface area (Å²) < 4.78 is 27.2. The number of carbonyl (C=O) groups excluding carboxylic acids is 2. The molecule has 0 bridgehead atoms. The Kier molecular flexibility index (Phi) is 5.42. The number of benzene rings is 1. The minimum atomic E-state index is -0.985.